The topological polar surface area (TPSA) is 55.1 Å². The van der Waals surface area contributed by atoms with E-state index in [-0.39, 0.29) is 10.9 Å². The Bertz CT molecular complexity index is 654. The molecule has 0 aliphatic carbocycles. The average Bonchev–Trinajstić information content (AvgIpc) is 2.72. The lowest BCUT2D eigenvalue weighted by atomic mass is 10.2. The van der Waals surface area contributed by atoms with Gasteiger partial charge in [-0.05, 0) is 19.1 Å². The lowest BCUT2D eigenvalue weighted by molar-refractivity contribution is -0.142. The third-order valence-electron chi connectivity index (χ3n) is 2.86. The van der Waals surface area contributed by atoms with Crippen LogP contribution in [-0.2, 0) is 4.79 Å². The Kier molecular flexibility index (Phi) is 4.46. The molecule has 1 N–H and O–H groups in total. The van der Waals surface area contributed by atoms with Crippen LogP contribution in [0, 0.1) is 0 Å². The van der Waals surface area contributed by atoms with Gasteiger partial charge in [0.25, 0.3) is 0 Å². The van der Waals surface area contributed by atoms with Gasteiger partial charge in [0.15, 0.2) is 5.16 Å². The molecule has 0 aliphatic rings. The molecule has 0 saturated carbocycles. The maximum Gasteiger partial charge on any atom is 0.391 e. The minimum absolute atomic E-state index is 0.248. The minimum atomic E-state index is -4.29. The van der Waals surface area contributed by atoms with E-state index in [0.29, 0.717) is 11.0 Å². The maximum absolute atomic E-state index is 12.6. The molecule has 0 bridgehead atoms. The van der Waals surface area contributed by atoms with Crippen molar-refractivity contribution in [1.29, 1.82) is 0 Å². The molecule has 0 radical (unpaired) electrons. The molecule has 1 aromatic heterocycles. The van der Waals surface area contributed by atoms with Crippen molar-refractivity contribution >= 4 is 28.8 Å². The van der Waals surface area contributed by atoms with Crippen LogP contribution in [0.4, 0.5) is 13.2 Å². The van der Waals surface area contributed by atoms with E-state index in [1.54, 1.807) is 24.3 Å². The van der Waals surface area contributed by atoms with Crippen molar-refractivity contribution in [2.24, 2.45) is 0 Å². The molecule has 0 saturated heterocycles. The van der Waals surface area contributed by atoms with Gasteiger partial charge in [0.05, 0.1) is 23.2 Å². The van der Waals surface area contributed by atoms with Crippen molar-refractivity contribution in [2.75, 3.05) is 5.75 Å². The SMILES string of the molecule is CC(CC(F)(F)F)n1c(SCC(=O)O)nc2ccccc21. The molecule has 0 spiro atoms. The van der Waals surface area contributed by atoms with Gasteiger partial charge in [0.1, 0.15) is 0 Å². The van der Waals surface area contributed by atoms with E-state index in [1.165, 1.54) is 11.5 Å². The number of hydrogen-bond acceptors (Lipinski definition) is 3. The van der Waals surface area contributed by atoms with Gasteiger partial charge in [0.2, 0.25) is 0 Å². The van der Waals surface area contributed by atoms with E-state index in [2.05, 4.69) is 4.98 Å². The number of carboxylic acid groups (broad SMARTS) is 1. The van der Waals surface area contributed by atoms with E-state index in [0.717, 1.165) is 11.8 Å². The van der Waals surface area contributed by atoms with Crippen LogP contribution in [0.2, 0.25) is 0 Å². The van der Waals surface area contributed by atoms with E-state index in [1.807, 2.05) is 0 Å². The number of para-hydroxylation sites is 2. The van der Waals surface area contributed by atoms with Gasteiger partial charge in [-0.15, -0.1) is 0 Å². The van der Waals surface area contributed by atoms with Gasteiger partial charge in [-0.25, -0.2) is 4.98 Å². The number of nitrogens with zero attached hydrogens (tertiary/aromatic N) is 2. The second-order valence-corrected chi connectivity index (χ2v) is 5.55. The molecular formula is C13H13F3N2O2S. The number of carboxylic acids is 1. The molecule has 0 fully saturated rings. The number of halogens is 3. The predicted octanol–water partition coefficient (Wildman–Crippen LogP) is 3.73. The Morgan fingerprint density at radius 3 is 2.71 bits per heavy atom. The highest BCUT2D eigenvalue weighted by Gasteiger charge is 2.32. The van der Waals surface area contributed by atoms with Crippen LogP contribution >= 0.6 is 11.8 Å². The first kappa shape index (κ1) is 15.7. The highest BCUT2D eigenvalue weighted by molar-refractivity contribution is 7.99. The summed E-state index contributed by atoms with van der Waals surface area (Å²) in [6.45, 7) is 1.45. The van der Waals surface area contributed by atoms with Gasteiger partial charge in [0, 0.05) is 6.04 Å². The zero-order valence-electron chi connectivity index (χ0n) is 11.1. The molecule has 2 rings (SSSR count). The number of benzene rings is 1. The Labute approximate surface area is 123 Å². The summed E-state index contributed by atoms with van der Waals surface area (Å²) >= 11 is 0.920. The smallest absolute Gasteiger partial charge is 0.391 e. The zero-order chi connectivity index (χ0) is 15.6. The molecule has 114 valence electrons. The molecule has 4 nitrogen and oxygen atoms in total. The molecule has 8 heteroatoms. The lowest BCUT2D eigenvalue weighted by Crippen LogP contribution is -2.17. The highest BCUT2D eigenvalue weighted by atomic mass is 32.2. The first-order valence-corrected chi connectivity index (χ1v) is 7.15. The highest BCUT2D eigenvalue weighted by Crippen LogP contribution is 2.33. The number of aromatic nitrogens is 2. The molecule has 1 unspecified atom stereocenters. The third-order valence-corrected chi connectivity index (χ3v) is 3.79. The summed E-state index contributed by atoms with van der Waals surface area (Å²) < 4.78 is 39.3. The number of imidazole rings is 1. The summed E-state index contributed by atoms with van der Waals surface area (Å²) in [5, 5.41) is 9.02. The van der Waals surface area contributed by atoms with Crippen molar-refractivity contribution < 1.29 is 23.1 Å². The molecule has 21 heavy (non-hydrogen) atoms. The molecule has 1 atom stereocenters. The zero-order valence-corrected chi connectivity index (χ0v) is 11.9. The molecule has 1 heterocycles. The fraction of sp³-hybridized carbons (Fsp3) is 0.385. The van der Waals surface area contributed by atoms with Crippen LogP contribution in [0.15, 0.2) is 29.4 Å². The number of aliphatic carboxylic acids is 1. The third kappa shape index (κ3) is 3.90. The summed E-state index contributed by atoms with van der Waals surface area (Å²) in [5.41, 5.74) is 1.13. The Morgan fingerprint density at radius 2 is 2.10 bits per heavy atom. The summed E-state index contributed by atoms with van der Waals surface area (Å²) in [7, 11) is 0. The Balaban J connectivity index is 2.42. The first-order valence-electron chi connectivity index (χ1n) is 6.16. The van der Waals surface area contributed by atoms with E-state index in [9.17, 15) is 18.0 Å². The van der Waals surface area contributed by atoms with Crippen LogP contribution < -0.4 is 0 Å². The van der Waals surface area contributed by atoms with Crippen molar-refractivity contribution in [2.45, 2.75) is 30.7 Å². The number of carbonyl (C=O) groups is 1. The summed E-state index contributed by atoms with van der Waals surface area (Å²) in [5.74, 6) is -1.29. The van der Waals surface area contributed by atoms with Crippen LogP contribution in [0.1, 0.15) is 19.4 Å². The van der Waals surface area contributed by atoms with Gasteiger partial charge >= 0.3 is 12.1 Å². The number of alkyl halides is 3. The lowest BCUT2D eigenvalue weighted by Gasteiger charge is -2.18. The molecule has 2 aromatic rings. The largest absolute Gasteiger partial charge is 0.481 e. The van der Waals surface area contributed by atoms with E-state index >= 15 is 0 Å². The standard InChI is InChI=1S/C13H13F3N2O2S/c1-8(6-13(14,15)16)18-10-5-3-2-4-9(10)17-12(18)21-7-11(19)20/h2-5,8H,6-7H2,1H3,(H,19,20). The van der Waals surface area contributed by atoms with Gasteiger partial charge < -0.3 is 9.67 Å². The fourth-order valence-corrected chi connectivity index (χ4v) is 2.94. The number of hydrogen-bond donors (Lipinski definition) is 1. The van der Waals surface area contributed by atoms with Crippen molar-refractivity contribution in [1.82, 2.24) is 9.55 Å². The van der Waals surface area contributed by atoms with E-state index < -0.39 is 24.6 Å². The first-order chi connectivity index (χ1) is 9.78. The number of fused-ring (bicyclic) bond motifs is 1. The van der Waals surface area contributed by atoms with Gasteiger partial charge in [-0.2, -0.15) is 13.2 Å². The normalized spacial score (nSPS) is 13.5. The minimum Gasteiger partial charge on any atom is -0.481 e. The number of thioether (sulfide) groups is 1. The van der Waals surface area contributed by atoms with Crippen molar-refractivity contribution in [3.8, 4) is 0 Å². The Hall–Kier alpha value is -1.70. The van der Waals surface area contributed by atoms with E-state index in [4.69, 9.17) is 5.11 Å². The van der Waals surface area contributed by atoms with Crippen LogP contribution in [0.3, 0.4) is 0 Å². The maximum atomic E-state index is 12.6. The Morgan fingerprint density at radius 1 is 1.43 bits per heavy atom. The number of rotatable bonds is 5. The second kappa shape index (κ2) is 5.97. The van der Waals surface area contributed by atoms with Gasteiger partial charge in [-0.1, -0.05) is 23.9 Å². The van der Waals surface area contributed by atoms with Crippen LogP contribution in [-0.4, -0.2) is 32.6 Å². The molecular weight excluding hydrogens is 305 g/mol. The van der Waals surface area contributed by atoms with Crippen LogP contribution in [0.5, 0.6) is 0 Å². The predicted molar refractivity (Wildman–Crippen MR) is 73.5 cm³/mol. The fourth-order valence-electron chi connectivity index (χ4n) is 2.10. The summed E-state index contributed by atoms with van der Waals surface area (Å²) in [4.78, 5) is 14.9. The monoisotopic (exact) mass is 318 g/mol. The average molecular weight is 318 g/mol. The molecule has 1 aromatic carbocycles. The summed E-state index contributed by atoms with van der Waals surface area (Å²) in [6.07, 6.45) is -5.28. The quantitative estimate of drug-likeness (QED) is 0.854. The van der Waals surface area contributed by atoms with Crippen molar-refractivity contribution in [3.05, 3.63) is 24.3 Å². The molecule has 0 amide bonds. The second-order valence-electron chi connectivity index (χ2n) is 4.60. The van der Waals surface area contributed by atoms with Crippen molar-refractivity contribution in [3.63, 3.8) is 0 Å². The molecule has 0 aliphatic heterocycles. The van der Waals surface area contributed by atoms with Crippen LogP contribution in [0.25, 0.3) is 11.0 Å². The summed E-state index contributed by atoms with van der Waals surface area (Å²) in [6, 6.07) is 5.97. The van der Waals surface area contributed by atoms with Gasteiger partial charge in [-0.3, -0.25) is 4.79 Å².